The average Bonchev–Trinajstić information content (AvgIpc) is 2.90. The van der Waals surface area contributed by atoms with E-state index in [2.05, 4.69) is 18.9 Å². The fourth-order valence-corrected chi connectivity index (χ4v) is 3.02. The quantitative estimate of drug-likeness (QED) is 0.596. The van der Waals surface area contributed by atoms with Crippen LogP contribution in [-0.4, -0.2) is 22.3 Å². The molecule has 0 atom stereocenters. The van der Waals surface area contributed by atoms with Crippen LogP contribution in [0.3, 0.4) is 0 Å². The number of carbonyl (C=O) groups is 1. The number of carbonyl (C=O) groups excluding carboxylic acids is 1. The van der Waals surface area contributed by atoms with Crippen LogP contribution in [0.5, 0.6) is 5.75 Å². The van der Waals surface area contributed by atoms with E-state index in [0.29, 0.717) is 5.56 Å². The Morgan fingerprint density at radius 3 is 2.40 bits per heavy atom. The predicted molar refractivity (Wildman–Crippen MR) is 102 cm³/mol. The van der Waals surface area contributed by atoms with Gasteiger partial charge in [-0.3, -0.25) is 4.79 Å². The summed E-state index contributed by atoms with van der Waals surface area (Å²) in [7, 11) is 0. The normalized spacial score (nSPS) is 10.9. The van der Waals surface area contributed by atoms with Crippen LogP contribution in [0.2, 0.25) is 0 Å². The summed E-state index contributed by atoms with van der Waals surface area (Å²) in [5.74, 6) is 0.727. The lowest BCUT2D eigenvalue weighted by atomic mass is 10.1. The van der Waals surface area contributed by atoms with Gasteiger partial charge in [-0.05, 0) is 56.5 Å². The van der Waals surface area contributed by atoms with Crippen LogP contribution in [-0.2, 0) is 6.42 Å². The van der Waals surface area contributed by atoms with Crippen molar-refractivity contribution in [3.8, 4) is 5.75 Å². The van der Waals surface area contributed by atoms with E-state index in [0.717, 1.165) is 43.0 Å². The Morgan fingerprint density at radius 1 is 1.04 bits per heavy atom. The van der Waals surface area contributed by atoms with Gasteiger partial charge in [0.25, 0.3) is 5.91 Å². The van der Waals surface area contributed by atoms with Crippen molar-refractivity contribution >= 4 is 5.91 Å². The second kappa shape index (κ2) is 9.40. The van der Waals surface area contributed by atoms with Gasteiger partial charge in [0.15, 0.2) is 0 Å². The molecule has 0 unspecified atom stereocenters. The van der Waals surface area contributed by atoms with E-state index in [1.165, 1.54) is 29.5 Å². The zero-order valence-electron chi connectivity index (χ0n) is 16.0. The molecule has 0 fully saturated rings. The van der Waals surface area contributed by atoms with Crippen molar-refractivity contribution in [3.63, 3.8) is 0 Å². The lowest BCUT2D eigenvalue weighted by molar-refractivity contribution is 0.0942. The monoisotopic (exact) mass is 342 g/mol. The first kappa shape index (κ1) is 19.2. The molecular weight excluding hydrogens is 312 g/mol. The van der Waals surface area contributed by atoms with Crippen molar-refractivity contribution in [3.05, 3.63) is 46.8 Å². The van der Waals surface area contributed by atoms with E-state index in [1.807, 2.05) is 38.1 Å². The van der Waals surface area contributed by atoms with Crippen LogP contribution in [0.1, 0.15) is 73.3 Å². The Labute approximate surface area is 151 Å². The van der Waals surface area contributed by atoms with Crippen LogP contribution in [0.15, 0.2) is 24.3 Å². The van der Waals surface area contributed by atoms with Gasteiger partial charge in [-0.2, -0.15) is 5.10 Å². The van der Waals surface area contributed by atoms with Crippen LogP contribution in [0.4, 0.5) is 0 Å². The summed E-state index contributed by atoms with van der Waals surface area (Å²) < 4.78 is 7.27. The Bertz CT molecular complexity index is 687. The molecule has 0 saturated carbocycles. The van der Waals surface area contributed by atoms with Crippen molar-refractivity contribution in [1.29, 1.82) is 0 Å². The van der Waals surface area contributed by atoms with Gasteiger partial charge in [-0.1, -0.05) is 39.5 Å². The lowest BCUT2D eigenvalue weighted by Crippen LogP contribution is -2.15. The summed E-state index contributed by atoms with van der Waals surface area (Å²) in [6.07, 6.45) is 6.75. The molecule has 0 aliphatic heterocycles. The van der Waals surface area contributed by atoms with Crippen LogP contribution < -0.4 is 4.74 Å². The van der Waals surface area contributed by atoms with Gasteiger partial charge in [0, 0.05) is 11.3 Å². The van der Waals surface area contributed by atoms with Crippen LogP contribution in [0, 0.1) is 13.8 Å². The molecular formula is C21H30N2O2. The second-order valence-corrected chi connectivity index (χ2v) is 6.55. The number of ether oxygens (including phenoxy) is 1. The van der Waals surface area contributed by atoms with Gasteiger partial charge in [-0.15, -0.1) is 0 Å². The number of aromatic nitrogens is 2. The third kappa shape index (κ3) is 4.94. The first-order valence-corrected chi connectivity index (χ1v) is 9.41. The Kier molecular flexibility index (Phi) is 7.23. The minimum absolute atomic E-state index is 0.0857. The fourth-order valence-electron chi connectivity index (χ4n) is 3.02. The van der Waals surface area contributed by atoms with Gasteiger partial charge < -0.3 is 4.74 Å². The van der Waals surface area contributed by atoms with E-state index in [9.17, 15) is 4.79 Å². The van der Waals surface area contributed by atoms with Crippen molar-refractivity contribution < 1.29 is 9.53 Å². The van der Waals surface area contributed by atoms with E-state index in [1.54, 1.807) is 0 Å². The standard InChI is InChI=1S/C21H30N2O2/c1-5-7-8-9-15-25-19-13-11-18(12-14-19)21(24)23-17(4)20(10-6-2)16(3)22-23/h11-14H,5-10,15H2,1-4H3. The van der Waals surface area contributed by atoms with Gasteiger partial charge in [0.05, 0.1) is 12.3 Å². The van der Waals surface area contributed by atoms with Gasteiger partial charge in [-0.25, -0.2) is 4.68 Å². The molecule has 2 aromatic rings. The zero-order chi connectivity index (χ0) is 18.2. The third-order valence-electron chi connectivity index (χ3n) is 4.50. The van der Waals surface area contributed by atoms with Crippen molar-refractivity contribution in [1.82, 2.24) is 9.78 Å². The molecule has 136 valence electrons. The molecule has 1 aromatic heterocycles. The molecule has 0 amide bonds. The molecule has 4 nitrogen and oxygen atoms in total. The number of nitrogens with zero attached hydrogens (tertiary/aromatic N) is 2. The minimum atomic E-state index is -0.0857. The first-order chi connectivity index (χ1) is 12.1. The van der Waals surface area contributed by atoms with E-state index < -0.39 is 0 Å². The number of hydrogen-bond acceptors (Lipinski definition) is 3. The molecule has 4 heteroatoms. The SMILES string of the molecule is CCCCCCOc1ccc(C(=O)n2nc(C)c(CCC)c2C)cc1. The van der Waals surface area contributed by atoms with Crippen LogP contribution >= 0.6 is 0 Å². The van der Waals surface area contributed by atoms with E-state index >= 15 is 0 Å². The summed E-state index contributed by atoms with van der Waals surface area (Å²) in [4.78, 5) is 12.7. The highest BCUT2D eigenvalue weighted by Gasteiger charge is 2.17. The van der Waals surface area contributed by atoms with Gasteiger partial charge in [0.2, 0.25) is 0 Å². The maximum atomic E-state index is 12.7. The largest absolute Gasteiger partial charge is 0.494 e. The molecule has 1 heterocycles. The summed E-state index contributed by atoms with van der Waals surface area (Å²) in [6, 6.07) is 7.37. The summed E-state index contributed by atoms with van der Waals surface area (Å²) in [5.41, 5.74) is 3.70. The number of unbranched alkanes of at least 4 members (excludes halogenated alkanes) is 3. The molecule has 0 radical (unpaired) electrons. The van der Waals surface area contributed by atoms with E-state index in [4.69, 9.17) is 4.74 Å². The van der Waals surface area contributed by atoms with Gasteiger partial charge >= 0.3 is 0 Å². The topological polar surface area (TPSA) is 44.1 Å². The predicted octanol–water partition coefficient (Wildman–Crippen LogP) is 5.10. The summed E-state index contributed by atoms with van der Waals surface area (Å²) >= 11 is 0. The third-order valence-corrected chi connectivity index (χ3v) is 4.50. The highest BCUT2D eigenvalue weighted by Crippen LogP contribution is 2.18. The van der Waals surface area contributed by atoms with Crippen LogP contribution in [0.25, 0.3) is 0 Å². The Morgan fingerprint density at radius 2 is 1.76 bits per heavy atom. The highest BCUT2D eigenvalue weighted by atomic mass is 16.5. The maximum Gasteiger partial charge on any atom is 0.278 e. The molecule has 1 aromatic carbocycles. The van der Waals surface area contributed by atoms with Crippen molar-refractivity contribution in [2.45, 2.75) is 66.2 Å². The molecule has 0 N–H and O–H groups in total. The molecule has 0 aliphatic rings. The lowest BCUT2D eigenvalue weighted by Gasteiger charge is -2.08. The number of benzene rings is 1. The molecule has 0 bridgehead atoms. The highest BCUT2D eigenvalue weighted by molar-refractivity contribution is 5.96. The van der Waals surface area contributed by atoms with Crippen molar-refractivity contribution in [2.75, 3.05) is 6.61 Å². The molecule has 0 spiro atoms. The minimum Gasteiger partial charge on any atom is -0.494 e. The molecule has 0 saturated heterocycles. The van der Waals surface area contributed by atoms with Crippen molar-refractivity contribution in [2.24, 2.45) is 0 Å². The summed E-state index contributed by atoms with van der Waals surface area (Å²) in [6.45, 7) is 9.00. The smallest absolute Gasteiger partial charge is 0.278 e. The Balaban J connectivity index is 2.02. The number of rotatable bonds is 9. The van der Waals surface area contributed by atoms with Gasteiger partial charge in [0.1, 0.15) is 5.75 Å². The van der Waals surface area contributed by atoms with E-state index in [-0.39, 0.29) is 5.91 Å². The Hall–Kier alpha value is -2.10. The molecule has 25 heavy (non-hydrogen) atoms. The fraction of sp³-hybridized carbons (Fsp3) is 0.524. The molecule has 0 aliphatic carbocycles. The maximum absolute atomic E-state index is 12.7. The number of aryl methyl sites for hydroxylation is 1. The first-order valence-electron chi connectivity index (χ1n) is 9.41. The zero-order valence-corrected chi connectivity index (χ0v) is 16.0. The second-order valence-electron chi connectivity index (χ2n) is 6.55. The number of hydrogen-bond donors (Lipinski definition) is 0. The summed E-state index contributed by atoms with van der Waals surface area (Å²) in [5, 5.41) is 4.44. The average molecular weight is 342 g/mol. The molecule has 2 rings (SSSR count).